The van der Waals surface area contributed by atoms with Crippen molar-refractivity contribution in [3.05, 3.63) is 28.2 Å². The van der Waals surface area contributed by atoms with E-state index < -0.39 is 0 Å². The molecule has 0 bridgehead atoms. The second-order valence-electron chi connectivity index (χ2n) is 3.49. The van der Waals surface area contributed by atoms with E-state index in [1.807, 2.05) is 6.92 Å². The molecule has 1 amide bonds. The first-order valence-corrected chi connectivity index (χ1v) is 6.14. The van der Waals surface area contributed by atoms with Crippen molar-refractivity contribution in [2.45, 2.75) is 18.7 Å². The van der Waals surface area contributed by atoms with E-state index in [4.69, 9.17) is 11.6 Å². The van der Waals surface area contributed by atoms with E-state index in [1.165, 1.54) is 6.07 Å². The molecule has 1 aromatic rings. The van der Waals surface area contributed by atoms with Gasteiger partial charge >= 0.3 is 0 Å². The van der Waals surface area contributed by atoms with Crippen molar-refractivity contribution in [3.8, 4) is 5.75 Å². The Morgan fingerprint density at radius 3 is 2.88 bits per heavy atom. The maximum Gasteiger partial charge on any atom is 0.251 e. The number of alkyl halides is 1. The molecule has 1 unspecified atom stereocenters. The lowest BCUT2D eigenvalue weighted by molar-refractivity contribution is 0.0953. The molecule has 1 atom stereocenters. The molecule has 0 aliphatic rings. The van der Waals surface area contributed by atoms with Gasteiger partial charge in [-0.1, -0.05) is 0 Å². The molecule has 0 aliphatic carbocycles. The molecule has 5 heteroatoms. The van der Waals surface area contributed by atoms with E-state index in [2.05, 4.69) is 21.2 Å². The molecule has 1 aromatic carbocycles. The molecule has 0 fully saturated rings. The number of carbonyl (C=O) groups excluding carboxylic acids is 1. The topological polar surface area (TPSA) is 49.3 Å². The summed E-state index contributed by atoms with van der Waals surface area (Å²) in [6, 6.07) is 4.70. The van der Waals surface area contributed by atoms with Crippen LogP contribution in [0.1, 0.15) is 23.7 Å². The third-order valence-electron chi connectivity index (χ3n) is 2.04. The lowest BCUT2D eigenvalue weighted by Gasteiger charge is -2.07. The molecule has 0 saturated heterocycles. The number of phenolic OH excluding ortho intramolecular Hbond substituents is 1. The Bertz CT molecular complexity index is 382. The van der Waals surface area contributed by atoms with E-state index in [9.17, 15) is 9.90 Å². The number of benzene rings is 1. The summed E-state index contributed by atoms with van der Waals surface area (Å²) in [6.45, 7) is 2.40. The minimum absolute atomic E-state index is 0.0404. The van der Waals surface area contributed by atoms with E-state index in [1.54, 1.807) is 12.1 Å². The number of halogens is 2. The molecule has 2 N–H and O–H groups in total. The van der Waals surface area contributed by atoms with E-state index in [-0.39, 0.29) is 17.0 Å². The van der Waals surface area contributed by atoms with Gasteiger partial charge in [0.15, 0.2) is 0 Å². The summed E-state index contributed by atoms with van der Waals surface area (Å²) in [5, 5.41) is 12.2. The van der Waals surface area contributed by atoms with Crippen molar-refractivity contribution in [2.75, 3.05) is 6.54 Å². The van der Waals surface area contributed by atoms with Gasteiger partial charge in [-0.25, -0.2) is 0 Å². The Balaban J connectivity index is 2.56. The van der Waals surface area contributed by atoms with Gasteiger partial charge in [0.05, 0.1) is 4.47 Å². The van der Waals surface area contributed by atoms with Crippen LogP contribution in [0.2, 0.25) is 0 Å². The first kappa shape index (κ1) is 13.3. The molecule has 0 aromatic heterocycles. The van der Waals surface area contributed by atoms with Crippen molar-refractivity contribution in [1.29, 1.82) is 0 Å². The highest BCUT2D eigenvalue weighted by atomic mass is 79.9. The summed E-state index contributed by atoms with van der Waals surface area (Å²) in [5.41, 5.74) is 0.433. The molecule has 16 heavy (non-hydrogen) atoms. The van der Waals surface area contributed by atoms with E-state index in [0.29, 0.717) is 16.6 Å². The third kappa shape index (κ3) is 4.02. The van der Waals surface area contributed by atoms with Crippen LogP contribution in [0, 0.1) is 0 Å². The maximum atomic E-state index is 11.6. The van der Waals surface area contributed by atoms with Gasteiger partial charge in [-0.3, -0.25) is 4.79 Å². The van der Waals surface area contributed by atoms with Gasteiger partial charge in [-0.15, -0.1) is 11.6 Å². The van der Waals surface area contributed by atoms with Crippen LogP contribution in [0.15, 0.2) is 22.7 Å². The Morgan fingerprint density at radius 1 is 1.62 bits per heavy atom. The number of aromatic hydroxyl groups is 1. The van der Waals surface area contributed by atoms with Crippen molar-refractivity contribution in [3.63, 3.8) is 0 Å². The minimum atomic E-state index is -0.208. The van der Waals surface area contributed by atoms with Crippen molar-refractivity contribution < 1.29 is 9.90 Å². The number of hydrogen-bond acceptors (Lipinski definition) is 2. The number of carbonyl (C=O) groups is 1. The minimum Gasteiger partial charge on any atom is -0.507 e. The highest BCUT2D eigenvalue weighted by Crippen LogP contribution is 2.24. The Morgan fingerprint density at radius 2 is 2.31 bits per heavy atom. The molecular weight excluding hydrogens is 293 g/mol. The van der Waals surface area contributed by atoms with Crippen LogP contribution in [-0.4, -0.2) is 22.9 Å². The van der Waals surface area contributed by atoms with Gasteiger partial charge in [0.25, 0.3) is 5.91 Å². The maximum absolute atomic E-state index is 11.6. The Hall–Kier alpha value is -0.740. The number of hydrogen-bond donors (Lipinski definition) is 2. The summed E-state index contributed by atoms with van der Waals surface area (Å²) in [7, 11) is 0. The third-order valence-corrected chi connectivity index (χ3v) is 2.92. The highest BCUT2D eigenvalue weighted by molar-refractivity contribution is 9.10. The zero-order valence-electron chi connectivity index (χ0n) is 8.84. The van der Waals surface area contributed by atoms with E-state index >= 15 is 0 Å². The zero-order valence-corrected chi connectivity index (χ0v) is 11.2. The highest BCUT2D eigenvalue weighted by Gasteiger charge is 2.07. The smallest absolute Gasteiger partial charge is 0.251 e. The van der Waals surface area contributed by atoms with Crippen molar-refractivity contribution in [1.82, 2.24) is 5.32 Å². The molecule has 1 rings (SSSR count). The fraction of sp³-hybridized carbons (Fsp3) is 0.364. The van der Waals surface area contributed by atoms with Crippen molar-refractivity contribution in [2.24, 2.45) is 0 Å². The van der Waals surface area contributed by atoms with Gasteiger partial charge in [-0.2, -0.15) is 0 Å². The number of rotatable bonds is 4. The van der Waals surface area contributed by atoms with Crippen LogP contribution in [-0.2, 0) is 0 Å². The predicted octanol–water partition coefficient (Wildman–Crippen LogP) is 2.90. The molecule has 88 valence electrons. The van der Waals surface area contributed by atoms with Crippen molar-refractivity contribution >= 4 is 33.4 Å². The van der Waals surface area contributed by atoms with Crippen LogP contribution in [0.4, 0.5) is 0 Å². The molecular formula is C11H13BrClNO2. The number of phenols is 1. The van der Waals surface area contributed by atoms with E-state index in [0.717, 1.165) is 6.42 Å². The zero-order chi connectivity index (χ0) is 12.1. The Kier molecular flexibility index (Phi) is 5.09. The standard InChI is InChI=1S/C11H13BrClNO2/c1-7(13)4-5-14-11(16)8-2-3-9(12)10(15)6-8/h2-3,6-7,15H,4-5H2,1H3,(H,14,16). The summed E-state index contributed by atoms with van der Waals surface area (Å²) in [6.07, 6.45) is 0.718. The summed E-state index contributed by atoms with van der Waals surface area (Å²) in [4.78, 5) is 11.6. The largest absolute Gasteiger partial charge is 0.507 e. The first-order valence-electron chi connectivity index (χ1n) is 4.91. The van der Waals surface area contributed by atoms with Gasteiger partial charge < -0.3 is 10.4 Å². The number of nitrogens with one attached hydrogen (secondary N) is 1. The van der Waals surface area contributed by atoms with Gasteiger partial charge in [0, 0.05) is 17.5 Å². The lowest BCUT2D eigenvalue weighted by atomic mass is 10.2. The summed E-state index contributed by atoms with van der Waals surface area (Å²) in [5.74, 6) is -0.154. The monoisotopic (exact) mass is 305 g/mol. The predicted molar refractivity (Wildman–Crippen MR) is 68.1 cm³/mol. The first-order chi connectivity index (χ1) is 7.50. The molecule has 0 saturated carbocycles. The fourth-order valence-corrected chi connectivity index (χ4v) is 1.50. The van der Waals surface area contributed by atoms with Crippen LogP contribution in [0.5, 0.6) is 5.75 Å². The molecule has 0 radical (unpaired) electrons. The molecule has 0 aliphatic heterocycles. The van der Waals surface area contributed by atoms with Crippen LogP contribution in [0.25, 0.3) is 0 Å². The second-order valence-corrected chi connectivity index (χ2v) is 5.09. The quantitative estimate of drug-likeness (QED) is 0.840. The van der Waals surface area contributed by atoms with Gasteiger partial charge in [-0.05, 0) is 47.5 Å². The SMILES string of the molecule is CC(Cl)CCNC(=O)c1ccc(Br)c(O)c1. The molecule has 3 nitrogen and oxygen atoms in total. The normalized spacial score (nSPS) is 12.2. The Labute approximate surface area is 108 Å². The van der Waals surface area contributed by atoms with Gasteiger partial charge in [0.2, 0.25) is 0 Å². The van der Waals surface area contributed by atoms with Crippen LogP contribution in [0.3, 0.4) is 0 Å². The van der Waals surface area contributed by atoms with Crippen LogP contribution < -0.4 is 5.32 Å². The van der Waals surface area contributed by atoms with Gasteiger partial charge in [0.1, 0.15) is 5.75 Å². The lowest BCUT2D eigenvalue weighted by Crippen LogP contribution is -2.25. The average Bonchev–Trinajstić information content (AvgIpc) is 2.21. The number of amides is 1. The molecule has 0 spiro atoms. The average molecular weight is 307 g/mol. The molecule has 0 heterocycles. The summed E-state index contributed by atoms with van der Waals surface area (Å²) < 4.78 is 0.568. The fourth-order valence-electron chi connectivity index (χ4n) is 1.14. The summed E-state index contributed by atoms with van der Waals surface area (Å²) >= 11 is 8.91. The van der Waals surface area contributed by atoms with Crippen LogP contribution >= 0.6 is 27.5 Å². The second kappa shape index (κ2) is 6.11.